The number of benzene rings is 2. The van der Waals surface area contributed by atoms with Crippen LogP contribution in [0, 0.1) is 0 Å². The first-order valence-electron chi connectivity index (χ1n) is 10.9. The predicted molar refractivity (Wildman–Crippen MR) is 125 cm³/mol. The molecule has 1 aliphatic rings. The molecule has 30 heavy (non-hydrogen) atoms. The second kappa shape index (κ2) is 9.04. The molecule has 1 aromatic heterocycles. The van der Waals surface area contributed by atoms with E-state index in [4.69, 9.17) is 9.72 Å². The molecule has 5 heteroatoms. The van der Waals surface area contributed by atoms with Gasteiger partial charge in [0.2, 0.25) is 0 Å². The average Bonchev–Trinajstić information content (AvgIpc) is 3.16. The lowest BCUT2D eigenvalue weighted by Gasteiger charge is -2.32. The molecule has 1 atom stereocenters. The minimum atomic E-state index is -0.489. The number of likely N-dealkylation sites (tertiary alicyclic amines) is 1. The van der Waals surface area contributed by atoms with Gasteiger partial charge in [-0.2, -0.15) is 0 Å². The number of nitrogens with zero attached hydrogens (tertiary/aromatic N) is 2. The first kappa shape index (κ1) is 21.3. The summed E-state index contributed by atoms with van der Waals surface area (Å²) in [4.78, 5) is 7.20. The van der Waals surface area contributed by atoms with Gasteiger partial charge in [0.1, 0.15) is 18.5 Å². The van der Waals surface area contributed by atoms with Crippen molar-refractivity contribution in [2.45, 2.75) is 51.0 Å². The number of piperidine rings is 1. The molecule has 0 amide bonds. The minimum Gasteiger partial charge on any atom is -0.491 e. The fraction of sp³-hybridized carbons (Fsp3) is 0.480. The standard InChI is InChI=1S/C25H32N2O2S/c1-25(2,3)20-8-4-6-10-22(20)29-17-19(28)16-27-14-12-18(13-15-27)24-26-21-9-5-7-11-23(21)30-24/h4-11,18-19,28H,12-17H2,1-3H3. The van der Waals surface area contributed by atoms with Crippen molar-refractivity contribution >= 4 is 21.6 Å². The highest BCUT2D eigenvalue weighted by molar-refractivity contribution is 7.18. The third-order valence-corrected chi connectivity index (χ3v) is 7.04. The van der Waals surface area contributed by atoms with Crippen molar-refractivity contribution in [3.8, 4) is 5.75 Å². The monoisotopic (exact) mass is 424 g/mol. The van der Waals surface area contributed by atoms with Crippen LogP contribution < -0.4 is 4.74 Å². The van der Waals surface area contributed by atoms with Gasteiger partial charge in [0.05, 0.1) is 15.2 Å². The molecule has 1 saturated heterocycles. The van der Waals surface area contributed by atoms with Gasteiger partial charge in [0.25, 0.3) is 0 Å². The Balaban J connectivity index is 1.27. The highest BCUT2D eigenvalue weighted by Gasteiger charge is 2.25. The fourth-order valence-electron chi connectivity index (χ4n) is 4.18. The quantitative estimate of drug-likeness (QED) is 0.590. The SMILES string of the molecule is CC(C)(C)c1ccccc1OCC(O)CN1CCC(c2nc3ccccc3s2)CC1. The van der Waals surface area contributed by atoms with Crippen LogP contribution in [0.5, 0.6) is 5.75 Å². The molecule has 2 heterocycles. The number of aliphatic hydroxyl groups is 1. The lowest BCUT2D eigenvalue weighted by atomic mass is 9.86. The summed E-state index contributed by atoms with van der Waals surface area (Å²) in [5.74, 6) is 1.41. The van der Waals surface area contributed by atoms with Gasteiger partial charge in [-0.25, -0.2) is 4.98 Å². The van der Waals surface area contributed by atoms with Gasteiger partial charge >= 0.3 is 0 Å². The van der Waals surface area contributed by atoms with Crippen LogP contribution in [-0.4, -0.2) is 47.3 Å². The first-order valence-corrected chi connectivity index (χ1v) is 11.7. The molecule has 1 unspecified atom stereocenters. The van der Waals surface area contributed by atoms with Crippen LogP contribution in [0.2, 0.25) is 0 Å². The van der Waals surface area contributed by atoms with E-state index in [1.807, 2.05) is 29.5 Å². The van der Waals surface area contributed by atoms with Gasteiger partial charge in [-0.3, -0.25) is 0 Å². The lowest BCUT2D eigenvalue weighted by Crippen LogP contribution is -2.40. The number of aromatic nitrogens is 1. The summed E-state index contributed by atoms with van der Waals surface area (Å²) in [6.07, 6.45) is 1.71. The van der Waals surface area contributed by atoms with Gasteiger partial charge < -0.3 is 14.7 Å². The summed E-state index contributed by atoms with van der Waals surface area (Å²) < 4.78 is 7.28. The highest BCUT2D eigenvalue weighted by Crippen LogP contribution is 2.34. The number of thiazole rings is 1. The molecule has 4 nitrogen and oxygen atoms in total. The molecule has 0 radical (unpaired) electrons. The molecule has 1 aliphatic heterocycles. The van der Waals surface area contributed by atoms with Crippen LogP contribution >= 0.6 is 11.3 Å². The number of aliphatic hydroxyl groups excluding tert-OH is 1. The van der Waals surface area contributed by atoms with E-state index >= 15 is 0 Å². The lowest BCUT2D eigenvalue weighted by molar-refractivity contribution is 0.0588. The fourth-order valence-corrected chi connectivity index (χ4v) is 5.31. The Labute approximate surface area is 183 Å². The summed E-state index contributed by atoms with van der Waals surface area (Å²) in [5, 5.41) is 11.8. The molecule has 2 aromatic carbocycles. The van der Waals surface area contributed by atoms with E-state index in [1.165, 1.54) is 15.3 Å². The number of β-amino-alcohol motifs (C(OH)–C–C–N with tert-alkyl or cyclic N) is 1. The van der Waals surface area contributed by atoms with Crippen LogP contribution in [0.3, 0.4) is 0 Å². The third-order valence-electron chi connectivity index (χ3n) is 5.84. The van der Waals surface area contributed by atoms with Gasteiger partial charge in [-0.05, 0) is 55.1 Å². The average molecular weight is 425 g/mol. The van der Waals surface area contributed by atoms with Crippen molar-refractivity contribution in [1.29, 1.82) is 0 Å². The summed E-state index contributed by atoms with van der Waals surface area (Å²) in [6, 6.07) is 16.5. The number of fused-ring (bicyclic) bond motifs is 1. The molecule has 0 spiro atoms. The zero-order valence-corrected chi connectivity index (χ0v) is 19.0. The van der Waals surface area contributed by atoms with Gasteiger partial charge in [-0.15, -0.1) is 11.3 Å². The van der Waals surface area contributed by atoms with Crippen molar-refractivity contribution in [2.24, 2.45) is 0 Å². The zero-order valence-electron chi connectivity index (χ0n) is 18.2. The van der Waals surface area contributed by atoms with Crippen molar-refractivity contribution in [3.63, 3.8) is 0 Å². The normalized spacial score (nSPS) is 17.3. The van der Waals surface area contributed by atoms with Gasteiger partial charge in [0.15, 0.2) is 0 Å². The van der Waals surface area contributed by atoms with Crippen molar-refractivity contribution < 1.29 is 9.84 Å². The Hall–Kier alpha value is -1.95. The Morgan fingerprint density at radius 2 is 1.80 bits per heavy atom. The van der Waals surface area contributed by atoms with E-state index in [0.29, 0.717) is 19.1 Å². The molecule has 4 rings (SSSR count). The Bertz CT molecular complexity index is 937. The van der Waals surface area contributed by atoms with E-state index in [0.717, 1.165) is 37.2 Å². The van der Waals surface area contributed by atoms with E-state index < -0.39 is 6.10 Å². The van der Waals surface area contributed by atoms with Crippen molar-refractivity contribution in [1.82, 2.24) is 9.88 Å². The molecule has 1 N–H and O–H groups in total. The summed E-state index contributed by atoms with van der Waals surface area (Å²) >= 11 is 1.83. The van der Waals surface area contributed by atoms with Crippen LogP contribution in [0.15, 0.2) is 48.5 Å². The van der Waals surface area contributed by atoms with E-state index in [1.54, 1.807) is 0 Å². The molecule has 1 fully saturated rings. The maximum Gasteiger partial charge on any atom is 0.123 e. The van der Waals surface area contributed by atoms with Crippen LogP contribution in [0.25, 0.3) is 10.2 Å². The molecule has 3 aromatic rings. The van der Waals surface area contributed by atoms with Gasteiger partial charge in [0, 0.05) is 12.5 Å². The van der Waals surface area contributed by atoms with E-state index in [2.05, 4.69) is 56.0 Å². The molecular weight excluding hydrogens is 392 g/mol. The first-order chi connectivity index (χ1) is 14.4. The molecule has 0 saturated carbocycles. The van der Waals surface area contributed by atoms with Crippen LogP contribution in [0.4, 0.5) is 0 Å². The minimum absolute atomic E-state index is 0.0179. The largest absolute Gasteiger partial charge is 0.491 e. The Morgan fingerprint density at radius 1 is 1.10 bits per heavy atom. The summed E-state index contributed by atoms with van der Waals surface area (Å²) in [5.41, 5.74) is 2.31. The second-order valence-corrected chi connectivity index (χ2v) is 10.4. The molecule has 0 bridgehead atoms. The topological polar surface area (TPSA) is 45.6 Å². The Morgan fingerprint density at radius 3 is 2.53 bits per heavy atom. The second-order valence-electron chi connectivity index (χ2n) is 9.31. The number of rotatable bonds is 6. The molecular formula is C25H32N2O2S. The predicted octanol–water partition coefficient (Wildman–Crippen LogP) is 5.21. The van der Waals surface area contributed by atoms with E-state index in [-0.39, 0.29) is 5.41 Å². The number of para-hydroxylation sites is 2. The molecule has 160 valence electrons. The highest BCUT2D eigenvalue weighted by atomic mass is 32.1. The zero-order chi connectivity index (χ0) is 21.1. The number of ether oxygens (including phenoxy) is 1. The van der Waals surface area contributed by atoms with Gasteiger partial charge in [-0.1, -0.05) is 51.1 Å². The summed E-state index contributed by atoms with van der Waals surface area (Å²) in [6.45, 7) is 9.52. The Kier molecular flexibility index (Phi) is 6.42. The summed E-state index contributed by atoms with van der Waals surface area (Å²) in [7, 11) is 0. The van der Waals surface area contributed by atoms with E-state index in [9.17, 15) is 5.11 Å². The third kappa shape index (κ3) is 5.02. The molecule has 0 aliphatic carbocycles. The number of hydrogen-bond donors (Lipinski definition) is 1. The maximum absolute atomic E-state index is 10.6. The van der Waals surface area contributed by atoms with Crippen molar-refractivity contribution in [2.75, 3.05) is 26.2 Å². The van der Waals surface area contributed by atoms with Crippen LogP contribution in [-0.2, 0) is 5.41 Å². The number of hydrogen-bond acceptors (Lipinski definition) is 5. The van der Waals surface area contributed by atoms with Crippen LogP contribution in [0.1, 0.15) is 50.1 Å². The maximum atomic E-state index is 10.6. The smallest absolute Gasteiger partial charge is 0.123 e. The van der Waals surface area contributed by atoms with Crippen molar-refractivity contribution in [3.05, 3.63) is 59.1 Å².